The second kappa shape index (κ2) is 3.16. The van der Waals surface area contributed by atoms with Crippen LogP contribution >= 0.6 is 0 Å². The van der Waals surface area contributed by atoms with Crippen LogP contribution in [0.4, 0.5) is 8.78 Å². The van der Waals surface area contributed by atoms with E-state index in [9.17, 15) is 8.78 Å². The van der Waals surface area contributed by atoms with E-state index in [-0.39, 0.29) is 18.4 Å². The van der Waals surface area contributed by atoms with Crippen LogP contribution in [0.25, 0.3) is 0 Å². The SMILES string of the molecule is N#CCC1(CN2CCC(F)(F)C2)CC1. The number of rotatable bonds is 3. The smallest absolute Gasteiger partial charge is 0.261 e. The predicted molar refractivity (Wildman–Crippen MR) is 47.9 cm³/mol. The Morgan fingerprint density at radius 3 is 2.43 bits per heavy atom. The maximum Gasteiger partial charge on any atom is 0.261 e. The lowest BCUT2D eigenvalue weighted by atomic mass is 10.0. The lowest BCUT2D eigenvalue weighted by Gasteiger charge is -2.20. The molecule has 1 saturated heterocycles. The Morgan fingerprint density at radius 1 is 1.29 bits per heavy atom. The van der Waals surface area contributed by atoms with Gasteiger partial charge in [0.1, 0.15) is 0 Å². The molecule has 14 heavy (non-hydrogen) atoms. The molecule has 0 aromatic carbocycles. The van der Waals surface area contributed by atoms with Crippen LogP contribution in [0.1, 0.15) is 25.7 Å². The Kier molecular flexibility index (Phi) is 2.23. The summed E-state index contributed by atoms with van der Waals surface area (Å²) >= 11 is 0. The molecular weight excluding hydrogens is 186 g/mol. The van der Waals surface area contributed by atoms with Crippen LogP contribution in [0.5, 0.6) is 0 Å². The minimum absolute atomic E-state index is 0.0182. The Balaban J connectivity index is 1.85. The van der Waals surface area contributed by atoms with Gasteiger partial charge in [-0.3, -0.25) is 4.90 Å². The molecule has 2 fully saturated rings. The summed E-state index contributed by atoms with van der Waals surface area (Å²) in [6.07, 6.45) is 2.57. The minimum atomic E-state index is -2.50. The molecule has 0 atom stereocenters. The molecule has 1 heterocycles. The molecule has 0 amide bonds. The van der Waals surface area contributed by atoms with Crippen molar-refractivity contribution < 1.29 is 8.78 Å². The molecule has 1 aliphatic heterocycles. The lowest BCUT2D eigenvalue weighted by molar-refractivity contribution is 0.0105. The molecular formula is C10H14F2N2. The van der Waals surface area contributed by atoms with E-state index in [1.807, 2.05) is 4.90 Å². The van der Waals surface area contributed by atoms with Crippen molar-refractivity contribution in [2.75, 3.05) is 19.6 Å². The lowest BCUT2D eigenvalue weighted by Crippen LogP contribution is -2.30. The van der Waals surface area contributed by atoms with Gasteiger partial charge in [-0.1, -0.05) is 0 Å². The Morgan fingerprint density at radius 2 is 2.00 bits per heavy atom. The first kappa shape index (κ1) is 9.85. The topological polar surface area (TPSA) is 27.0 Å². The van der Waals surface area contributed by atoms with E-state index in [0.717, 1.165) is 12.8 Å². The third-order valence-corrected chi connectivity index (χ3v) is 3.22. The molecule has 0 radical (unpaired) electrons. The van der Waals surface area contributed by atoms with E-state index in [1.54, 1.807) is 0 Å². The summed E-state index contributed by atoms with van der Waals surface area (Å²) in [4.78, 5) is 1.81. The van der Waals surface area contributed by atoms with Gasteiger partial charge in [0, 0.05) is 25.9 Å². The third kappa shape index (κ3) is 2.03. The number of alkyl halides is 2. The first-order valence-corrected chi connectivity index (χ1v) is 5.03. The van der Waals surface area contributed by atoms with Gasteiger partial charge in [0.25, 0.3) is 5.92 Å². The highest BCUT2D eigenvalue weighted by Crippen LogP contribution is 2.49. The first-order valence-electron chi connectivity index (χ1n) is 5.03. The van der Waals surface area contributed by atoms with Gasteiger partial charge in [-0.05, 0) is 18.3 Å². The van der Waals surface area contributed by atoms with Gasteiger partial charge in [-0.2, -0.15) is 5.26 Å². The highest BCUT2D eigenvalue weighted by molar-refractivity contribution is 5.02. The largest absolute Gasteiger partial charge is 0.297 e. The quantitative estimate of drug-likeness (QED) is 0.697. The molecule has 2 rings (SSSR count). The van der Waals surface area contributed by atoms with Gasteiger partial charge in [-0.15, -0.1) is 0 Å². The van der Waals surface area contributed by atoms with Crippen molar-refractivity contribution in [1.29, 1.82) is 5.26 Å². The molecule has 0 spiro atoms. The summed E-state index contributed by atoms with van der Waals surface area (Å²) in [6.45, 7) is 1.07. The van der Waals surface area contributed by atoms with Gasteiger partial charge >= 0.3 is 0 Å². The summed E-state index contributed by atoms with van der Waals surface area (Å²) in [7, 11) is 0. The Hall–Kier alpha value is -0.690. The van der Waals surface area contributed by atoms with Crippen LogP contribution in [0.3, 0.4) is 0 Å². The predicted octanol–water partition coefficient (Wildman–Crippen LogP) is 2.02. The second-order valence-corrected chi connectivity index (χ2v) is 4.65. The van der Waals surface area contributed by atoms with E-state index in [2.05, 4.69) is 6.07 Å². The monoisotopic (exact) mass is 200 g/mol. The molecule has 0 aromatic rings. The van der Waals surface area contributed by atoms with Crippen molar-refractivity contribution in [3.05, 3.63) is 0 Å². The van der Waals surface area contributed by atoms with Crippen LogP contribution in [0.2, 0.25) is 0 Å². The van der Waals surface area contributed by atoms with Crippen LogP contribution in [0.15, 0.2) is 0 Å². The van der Waals surface area contributed by atoms with Crippen LogP contribution in [0, 0.1) is 16.7 Å². The Bertz CT molecular complexity index is 266. The highest BCUT2D eigenvalue weighted by Gasteiger charge is 2.47. The minimum Gasteiger partial charge on any atom is -0.297 e. The fraction of sp³-hybridized carbons (Fsp3) is 0.900. The molecule has 4 heteroatoms. The summed E-state index contributed by atoms with van der Waals surface area (Å²) in [5.41, 5.74) is 0.0647. The fourth-order valence-electron chi connectivity index (χ4n) is 2.15. The van der Waals surface area contributed by atoms with Crippen LogP contribution < -0.4 is 0 Å². The zero-order chi connectivity index (χ0) is 10.2. The second-order valence-electron chi connectivity index (χ2n) is 4.65. The highest BCUT2D eigenvalue weighted by atomic mass is 19.3. The first-order chi connectivity index (χ1) is 6.55. The number of nitrogens with zero attached hydrogens (tertiary/aromatic N) is 2. The van der Waals surface area contributed by atoms with E-state index in [4.69, 9.17) is 5.26 Å². The third-order valence-electron chi connectivity index (χ3n) is 3.22. The van der Waals surface area contributed by atoms with Crippen molar-refractivity contribution in [3.8, 4) is 6.07 Å². The number of hydrogen-bond donors (Lipinski definition) is 0. The number of nitriles is 1. The molecule has 0 aromatic heterocycles. The molecule has 2 aliphatic rings. The van der Waals surface area contributed by atoms with Crippen molar-refractivity contribution in [2.45, 2.75) is 31.6 Å². The van der Waals surface area contributed by atoms with E-state index in [1.165, 1.54) is 0 Å². The molecule has 0 bridgehead atoms. The van der Waals surface area contributed by atoms with Gasteiger partial charge in [-0.25, -0.2) is 8.78 Å². The van der Waals surface area contributed by atoms with Crippen LogP contribution in [-0.2, 0) is 0 Å². The van der Waals surface area contributed by atoms with Gasteiger partial charge in [0.2, 0.25) is 0 Å². The maximum atomic E-state index is 12.9. The van der Waals surface area contributed by atoms with Crippen molar-refractivity contribution in [3.63, 3.8) is 0 Å². The molecule has 2 nitrogen and oxygen atoms in total. The summed E-state index contributed by atoms with van der Waals surface area (Å²) in [5, 5.41) is 8.60. The number of hydrogen-bond acceptors (Lipinski definition) is 2. The zero-order valence-electron chi connectivity index (χ0n) is 8.10. The molecule has 0 unspecified atom stereocenters. The molecule has 78 valence electrons. The van der Waals surface area contributed by atoms with Crippen LogP contribution in [-0.4, -0.2) is 30.5 Å². The van der Waals surface area contributed by atoms with Crippen molar-refractivity contribution >= 4 is 0 Å². The molecule has 1 saturated carbocycles. The van der Waals surface area contributed by atoms with Gasteiger partial charge in [0.05, 0.1) is 12.6 Å². The zero-order valence-corrected chi connectivity index (χ0v) is 8.10. The molecule has 0 N–H and O–H groups in total. The summed E-state index contributed by atoms with van der Waals surface area (Å²) in [5.74, 6) is -2.50. The fourth-order valence-corrected chi connectivity index (χ4v) is 2.15. The van der Waals surface area contributed by atoms with E-state index < -0.39 is 5.92 Å². The average Bonchev–Trinajstić information content (AvgIpc) is 2.73. The number of halogens is 2. The van der Waals surface area contributed by atoms with Gasteiger partial charge < -0.3 is 0 Å². The summed E-state index contributed by atoms with van der Waals surface area (Å²) in [6, 6.07) is 2.15. The maximum absolute atomic E-state index is 12.9. The molecule has 1 aliphatic carbocycles. The Labute approximate surface area is 82.5 Å². The van der Waals surface area contributed by atoms with E-state index >= 15 is 0 Å². The van der Waals surface area contributed by atoms with Crippen molar-refractivity contribution in [2.24, 2.45) is 5.41 Å². The summed E-state index contributed by atoms with van der Waals surface area (Å²) < 4.78 is 25.7. The number of likely N-dealkylation sites (tertiary alicyclic amines) is 1. The normalized spacial score (nSPS) is 28.6. The van der Waals surface area contributed by atoms with Gasteiger partial charge in [0.15, 0.2) is 0 Å². The standard InChI is InChI=1S/C10H14F2N2/c11-10(12)4-6-14(8-10)7-9(1-2-9)3-5-13/h1-4,6-8H2. The van der Waals surface area contributed by atoms with Crippen molar-refractivity contribution in [1.82, 2.24) is 4.90 Å². The average molecular weight is 200 g/mol. The van der Waals surface area contributed by atoms with E-state index in [0.29, 0.717) is 19.5 Å².